The van der Waals surface area contributed by atoms with Crippen LogP contribution in [0.2, 0.25) is 0 Å². The molecule has 134 valence electrons. The summed E-state index contributed by atoms with van der Waals surface area (Å²) in [5, 5.41) is 6.40. The van der Waals surface area contributed by atoms with Crippen molar-refractivity contribution in [3.8, 4) is 5.75 Å². The van der Waals surface area contributed by atoms with E-state index in [4.69, 9.17) is 4.74 Å². The molecule has 0 saturated carbocycles. The van der Waals surface area contributed by atoms with E-state index in [9.17, 15) is 4.79 Å². The Kier molecular flexibility index (Phi) is 4.84. The van der Waals surface area contributed by atoms with Crippen LogP contribution in [0.3, 0.4) is 0 Å². The van der Waals surface area contributed by atoms with Crippen molar-refractivity contribution in [2.45, 2.75) is 25.5 Å². The molecule has 0 aliphatic carbocycles. The number of hydrogen-bond donors (Lipinski definition) is 2. The highest BCUT2D eigenvalue weighted by molar-refractivity contribution is 5.94. The molecule has 4 rings (SSSR count). The normalized spacial score (nSPS) is 15.1. The Morgan fingerprint density at radius 3 is 2.96 bits per heavy atom. The van der Waals surface area contributed by atoms with Gasteiger partial charge in [-0.2, -0.15) is 0 Å². The van der Waals surface area contributed by atoms with E-state index in [0.29, 0.717) is 17.9 Å². The van der Waals surface area contributed by atoms with E-state index in [1.807, 2.05) is 53.2 Å². The van der Waals surface area contributed by atoms with Crippen LogP contribution in [0.4, 0.5) is 0 Å². The Labute approximate surface area is 152 Å². The SMILES string of the molecule is O=C(NC1CCNCC1)c1cccc(OCc2cn3ccccc3n2)c1. The van der Waals surface area contributed by atoms with Crippen LogP contribution in [-0.2, 0) is 6.61 Å². The first-order valence-electron chi connectivity index (χ1n) is 8.95. The van der Waals surface area contributed by atoms with Gasteiger partial charge in [-0.25, -0.2) is 4.98 Å². The van der Waals surface area contributed by atoms with E-state index in [-0.39, 0.29) is 11.9 Å². The lowest BCUT2D eigenvalue weighted by Crippen LogP contribution is -2.42. The molecule has 2 aromatic heterocycles. The van der Waals surface area contributed by atoms with E-state index in [2.05, 4.69) is 15.6 Å². The van der Waals surface area contributed by atoms with Crippen molar-refractivity contribution in [3.05, 3.63) is 66.1 Å². The van der Waals surface area contributed by atoms with Crippen molar-refractivity contribution < 1.29 is 9.53 Å². The monoisotopic (exact) mass is 350 g/mol. The quantitative estimate of drug-likeness (QED) is 0.741. The third-order valence-corrected chi connectivity index (χ3v) is 4.57. The molecular formula is C20H22N4O2. The average molecular weight is 350 g/mol. The molecule has 1 amide bonds. The third kappa shape index (κ3) is 3.86. The van der Waals surface area contributed by atoms with E-state index >= 15 is 0 Å². The number of nitrogens with one attached hydrogen (secondary N) is 2. The van der Waals surface area contributed by atoms with Gasteiger partial charge in [0.1, 0.15) is 18.0 Å². The van der Waals surface area contributed by atoms with Crippen LogP contribution < -0.4 is 15.4 Å². The molecule has 6 heteroatoms. The largest absolute Gasteiger partial charge is 0.487 e. The van der Waals surface area contributed by atoms with Gasteiger partial charge in [0.05, 0.1) is 5.69 Å². The van der Waals surface area contributed by atoms with Crippen molar-refractivity contribution in [1.82, 2.24) is 20.0 Å². The number of ether oxygens (including phenoxy) is 1. The summed E-state index contributed by atoms with van der Waals surface area (Å²) in [7, 11) is 0. The minimum atomic E-state index is -0.0462. The van der Waals surface area contributed by atoms with Crippen LogP contribution in [0, 0.1) is 0 Å². The number of carbonyl (C=O) groups is 1. The highest BCUT2D eigenvalue weighted by Gasteiger charge is 2.16. The summed E-state index contributed by atoms with van der Waals surface area (Å²) < 4.78 is 7.80. The Balaban J connectivity index is 1.39. The second-order valence-corrected chi connectivity index (χ2v) is 6.51. The summed E-state index contributed by atoms with van der Waals surface area (Å²) in [6.07, 6.45) is 5.84. The van der Waals surface area contributed by atoms with Gasteiger partial charge in [0.25, 0.3) is 5.91 Å². The number of pyridine rings is 1. The molecule has 3 aromatic rings. The van der Waals surface area contributed by atoms with Crippen LogP contribution in [0.15, 0.2) is 54.9 Å². The average Bonchev–Trinajstić information content (AvgIpc) is 3.10. The summed E-state index contributed by atoms with van der Waals surface area (Å²) in [6.45, 7) is 2.27. The summed E-state index contributed by atoms with van der Waals surface area (Å²) >= 11 is 0. The fraction of sp³-hybridized carbons (Fsp3) is 0.300. The first-order chi connectivity index (χ1) is 12.8. The van der Waals surface area contributed by atoms with Gasteiger partial charge in [-0.05, 0) is 56.3 Å². The number of carbonyl (C=O) groups excluding carboxylic acids is 1. The maximum absolute atomic E-state index is 12.5. The van der Waals surface area contributed by atoms with Gasteiger partial charge in [0.15, 0.2) is 0 Å². The minimum absolute atomic E-state index is 0.0462. The molecule has 0 bridgehead atoms. The lowest BCUT2D eigenvalue weighted by molar-refractivity contribution is 0.0929. The minimum Gasteiger partial charge on any atom is -0.487 e. The van der Waals surface area contributed by atoms with Gasteiger partial charge in [0.2, 0.25) is 0 Å². The van der Waals surface area contributed by atoms with Crippen molar-refractivity contribution >= 4 is 11.6 Å². The van der Waals surface area contributed by atoms with Crippen molar-refractivity contribution in [1.29, 1.82) is 0 Å². The maximum Gasteiger partial charge on any atom is 0.251 e. The number of aromatic nitrogens is 2. The van der Waals surface area contributed by atoms with Gasteiger partial charge in [-0.15, -0.1) is 0 Å². The van der Waals surface area contributed by atoms with Crippen molar-refractivity contribution in [3.63, 3.8) is 0 Å². The molecule has 0 unspecified atom stereocenters. The Morgan fingerprint density at radius 1 is 1.23 bits per heavy atom. The second kappa shape index (κ2) is 7.58. The van der Waals surface area contributed by atoms with Crippen molar-refractivity contribution in [2.75, 3.05) is 13.1 Å². The zero-order valence-corrected chi connectivity index (χ0v) is 14.5. The van der Waals surface area contributed by atoms with Crippen LogP contribution in [0.25, 0.3) is 5.65 Å². The molecule has 26 heavy (non-hydrogen) atoms. The lowest BCUT2D eigenvalue weighted by Gasteiger charge is -2.23. The molecule has 1 aromatic carbocycles. The number of rotatable bonds is 5. The first kappa shape index (κ1) is 16.6. The maximum atomic E-state index is 12.5. The molecule has 6 nitrogen and oxygen atoms in total. The number of fused-ring (bicyclic) bond motifs is 1. The van der Waals surface area contributed by atoms with Crippen LogP contribution in [0.5, 0.6) is 5.75 Å². The standard InChI is InChI=1S/C20H22N4O2/c25-20(23-16-7-9-21-10-8-16)15-4-3-5-18(12-15)26-14-17-13-24-11-2-1-6-19(24)22-17/h1-6,11-13,16,21H,7-10,14H2,(H,23,25). The van der Waals surface area contributed by atoms with Gasteiger partial charge in [-0.1, -0.05) is 12.1 Å². The highest BCUT2D eigenvalue weighted by atomic mass is 16.5. The zero-order valence-electron chi connectivity index (χ0n) is 14.5. The highest BCUT2D eigenvalue weighted by Crippen LogP contribution is 2.16. The predicted molar refractivity (Wildman–Crippen MR) is 99.3 cm³/mol. The molecule has 1 aliphatic rings. The molecule has 1 aliphatic heterocycles. The fourth-order valence-electron chi connectivity index (χ4n) is 3.18. The van der Waals surface area contributed by atoms with Crippen LogP contribution >= 0.6 is 0 Å². The molecule has 0 spiro atoms. The number of benzene rings is 1. The summed E-state index contributed by atoms with van der Waals surface area (Å²) in [5.41, 5.74) is 2.36. The third-order valence-electron chi connectivity index (χ3n) is 4.57. The number of hydrogen-bond acceptors (Lipinski definition) is 4. The number of nitrogens with zero attached hydrogens (tertiary/aromatic N) is 2. The van der Waals surface area contributed by atoms with Gasteiger partial charge in [0, 0.05) is 24.0 Å². The van der Waals surface area contributed by atoms with Crippen LogP contribution in [0.1, 0.15) is 28.9 Å². The molecule has 0 atom stereocenters. The smallest absolute Gasteiger partial charge is 0.251 e. The van der Waals surface area contributed by atoms with E-state index in [1.54, 1.807) is 6.07 Å². The topological polar surface area (TPSA) is 67.7 Å². The Hall–Kier alpha value is -2.86. The van der Waals surface area contributed by atoms with Crippen molar-refractivity contribution in [2.24, 2.45) is 0 Å². The molecule has 3 heterocycles. The molecular weight excluding hydrogens is 328 g/mol. The predicted octanol–water partition coefficient (Wildman–Crippen LogP) is 2.40. The molecule has 1 saturated heterocycles. The Morgan fingerprint density at radius 2 is 2.12 bits per heavy atom. The summed E-state index contributed by atoms with van der Waals surface area (Å²) in [4.78, 5) is 17.0. The zero-order chi connectivity index (χ0) is 17.8. The first-order valence-corrected chi connectivity index (χ1v) is 8.95. The van der Waals surface area contributed by atoms with Gasteiger partial charge in [-0.3, -0.25) is 4.79 Å². The van der Waals surface area contributed by atoms with Gasteiger partial charge < -0.3 is 19.8 Å². The Bertz CT molecular complexity index is 866. The van der Waals surface area contributed by atoms with E-state index in [0.717, 1.165) is 37.3 Å². The molecule has 0 radical (unpaired) electrons. The summed E-state index contributed by atoms with van der Waals surface area (Å²) in [6, 6.07) is 13.4. The van der Waals surface area contributed by atoms with E-state index < -0.39 is 0 Å². The lowest BCUT2D eigenvalue weighted by atomic mass is 10.1. The number of piperidine rings is 1. The second-order valence-electron chi connectivity index (χ2n) is 6.51. The molecule has 2 N–H and O–H groups in total. The fourth-order valence-corrected chi connectivity index (χ4v) is 3.18. The van der Waals surface area contributed by atoms with E-state index in [1.165, 1.54) is 0 Å². The van der Waals surface area contributed by atoms with Gasteiger partial charge >= 0.3 is 0 Å². The number of amides is 1. The molecule has 1 fully saturated rings. The van der Waals surface area contributed by atoms with Crippen LogP contribution in [-0.4, -0.2) is 34.4 Å². The number of imidazole rings is 1. The summed E-state index contributed by atoms with van der Waals surface area (Å²) in [5.74, 6) is 0.620.